The Labute approximate surface area is 160 Å². The fraction of sp³-hybridized carbons (Fsp3) is 0.0526. The first kappa shape index (κ1) is 18.0. The van der Waals surface area contributed by atoms with Gasteiger partial charge >= 0.3 is 0 Å². The smallest absolute Gasteiger partial charge is 0.261 e. The molecule has 128 valence electrons. The summed E-state index contributed by atoms with van der Waals surface area (Å²) in [6, 6.07) is 24.2. The highest BCUT2D eigenvalue weighted by atomic mass is 79.9. The normalized spacial score (nSPS) is 11.2. The molecule has 0 aliphatic rings. The summed E-state index contributed by atoms with van der Waals surface area (Å²) in [6.45, 7) is 0. The van der Waals surface area contributed by atoms with Crippen LogP contribution in [0.1, 0.15) is 5.56 Å². The van der Waals surface area contributed by atoms with Crippen molar-refractivity contribution in [1.82, 2.24) is 0 Å². The maximum absolute atomic E-state index is 12.4. The number of thioether (sulfide) groups is 1. The molecule has 3 nitrogen and oxygen atoms in total. The number of sulfonamides is 1. The predicted molar refractivity (Wildman–Crippen MR) is 107 cm³/mol. The van der Waals surface area contributed by atoms with E-state index in [1.54, 1.807) is 48.2 Å². The number of rotatable bonds is 6. The van der Waals surface area contributed by atoms with Gasteiger partial charge in [0.05, 0.1) is 4.90 Å². The molecule has 6 heteroatoms. The van der Waals surface area contributed by atoms with Gasteiger partial charge in [0.1, 0.15) is 0 Å². The lowest BCUT2D eigenvalue weighted by Gasteiger charge is -2.09. The summed E-state index contributed by atoms with van der Waals surface area (Å²) in [7, 11) is -3.57. The first-order valence-corrected chi connectivity index (χ1v) is 10.8. The molecule has 0 heterocycles. The van der Waals surface area contributed by atoms with Gasteiger partial charge in [0.2, 0.25) is 0 Å². The molecule has 0 amide bonds. The third-order valence-electron chi connectivity index (χ3n) is 3.48. The van der Waals surface area contributed by atoms with Crippen LogP contribution in [0.4, 0.5) is 5.69 Å². The summed E-state index contributed by atoms with van der Waals surface area (Å²) in [4.78, 5) is 1.45. The SMILES string of the molecule is O=S(=O)(Nc1ccc(CSc2ccccc2)cc1)c1ccc(Br)cc1. The highest BCUT2D eigenvalue weighted by Crippen LogP contribution is 2.24. The van der Waals surface area contributed by atoms with Crippen molar-refractivity contribution in [2.45, 2.75) is 15.5 Å². The van der Waals surface area contributed by atoms with E-state index < -0.39 is 10.0 Å². The van der Waals surface area contributed by atoms with E-state index in [1.807, 2.05) is 30.3 Å². The molecule has 1 N–H and O–H groups in total. The minimum absolute atomic E-state index is 0.236. The topological polar surface area (TPSA) is 46.2 Å². The van der Waals surface area contributed by atoms with E-state index in [0.717, 1.165) is 15.8 Å². The van der Waals surface area contributed by atoms with E-state index in [2.05, 4.69) is 32.8 Å². The Hall–Kier alpha value is -1.76. The minimum atomic E-state index is -3.57. The van der Waals surface area contributed by atoms with Crippen molar-refractivity contribution < 1.29 is 8.42 Å². The molecular formula is C19H16BrNO2S2. The standard InChI is InChI=1S/C19H16BrNO2S2/c20-16-8-12-19(13-9-16)25(22,23)21-17-10-6-15(7-11-17)14-24-18-4-2-1-3-5-18/h1-13,21H,14H2. The summed E-state index contributed by atoms with van der Waals surface area (Å²) in [5.74, 6) is 0.837. The quantitative estimate of drug-likeness (QED) is 0.518. The number of benzene rings is 3. The van der Waals surface area contributed by atoms with Crippen LogP contribution < -0.4 is 4.72 Å². The number of halogens is 1. The molecule has 0 aliphatic carbocycles. The number of hydrogen-bond acceptors (Lipinski definition) is 3. The van der Waals surface area contributed by atoms with Crippen molar-refractivity contribution in [1.29, 1.82) is 0 Å². The van der Waals surface area contributed by atoms with Crippen molar-refractivity contribution in [3.8, 4) is 0 Å². The fourth-order valence-electron chi connectivity index (χ4n) is 2.18. The van der Waals surface area contributed by atoms with Crippen LogP contribution >= 0.6 is 27.7 Å². The third kappa shape index (κ3) is 5.11. The molecule has 0 spiro atoms. The third-order valence-corrected chi connectivity index (χ3v) is 6.49. The summed E-state index contributed by atoms with van der Waals surface area (Å²) < 4.78 is 28.2. The lowest BCUT2D eigenvalue weighted by molar-refractivity contribution is 0.601. The van der Waals surface area contributed by atoms with Crippen LogP contribution in [0.5, 0.6) is 0 Å². The van der Waals surface area contributed by atoms with Gasteiger partial charge in [0.15, 0.2) is 0 Å². The molecule has 0 aliphatic heterocycles. The first-order chi connectivity index (χ1) is 12.0. The van der Waals surface area contributed by atoms with Crippen LogP contribution in [0.3, 0.4) is 0 Å². The highest BCUT2D eigenvalue weighted by Gasteiger charge is 2.13. The van der Waals surface area contributed by atoms with Gasteiger partial charge in [-0.05, 0) is 54.1 Å². The van der Waals surface area contributed by atoms with Crippen molar-refractivity contribution in [2.75, 3.05) is 4.72 Å². The Balaban J connectivity index is 1.65. The Kier molecular flexibility index (Phi) is 5.83. The van der Waals surface area contributed by atoms with E-state index in [1.165, 1.54) is 4.90 Å². The molecule has 0 aromatic heterocycles. The van der Waals surface area contributed by atoms with Gasteiger partial charge in [-0.25, -0.2) is 8.42 Å². The van der Waals surface area contributed by atoms with Crippen LogP contribution in [0.15, 0.2) is 93.1 Å². The number of hydrogen-bond donors (Lipinski definition) is 1. The average Bonchev–Trinajstić information content (AvgIpc) is 2.62. The molecule has 3 rings (SSSR count). The van der Waals surface area contributed by atoms with Crippen molar-refractivity contribution in [3.63, 3.8) is 0 Å². The lowest BCUT2D eigenvalue weighted by Crippen LogP contribution is -2.12. The molecule has 0 radical (unpaired) electrons. The second-order valence-corrected chi connectivity index (χ2v) is 9.00. The molecule has 0 saturated carbocycles. The van der Waals surface area contributed by atoms with Crippen LogP contribution in [0, 0.1) is 0 Å². The van der Waals surface area contributed by atoms with E-state index >= 15 is 0 Å². The minimum Gasteiger partial charge on any atom is -0.280 e. The molecule has 0 bridgehead atoms. The zero-order valence-electron chi connectivity index (χ0n) is 13.2. The van der Waals surface area contributed by atoms with Crippen LogP contribution in [-0.4, -0.2) is 8.42 Å². The molecule has 0 unspecified atom stereocenters. The van der Waals surface area contributed by atoms with E-state index in [0.29, 0.717) is 5.69 Å². The number of nitrogens with one attached hydrogen (secondary N) is 1. The zero-order valence-corrected chi connectivity index (χ0v) is 16.4. The van der Waals surface area contributed by atoms with E-state index in [4.69, 9.17) is 0 Å². The molecule has 0 atom stereocenters. The molecule has 0 fully saturated rings. The van der Waals surface area contributed by atoms with Gasteiger partial charge in [-0.15, -0.1) is 11.8 Å². The molecule has 0 saturated heterocycles. The Morgan fingerprint density at radius 1 is 0.840 bits per heavy atom. The fourth-order valence-corrected chi connectivity index (χ4v) is 4.38. The second kappa shape index (κ2) is 8.08. The van der Waals surface area contributed by atoms with E-state index in [-0.39, 0.29) is 4.90 Å². The maximum Gasteiger partial charge on any atom is 0.261 e. The molecule has 3 aromatic rings. The zero-order chi connectivity index (χ0) is 17.7. The van der Waals surface area contributed by atoms with Crippen LogP contribution in [-0.2, 0) is 15.8 Å². The average molecular weight is 434 g/mol. The van der Waals surface area contributed by atoms with Gasteiger partial charge in [-0.3, -0.25) is 4.72 Å². The largest absolute Gasteiger partial charge is 0.280 e. The monoisotopic (exact) mass is 433 g/mol. The molecular weight excluding hydrogens is 418 g/mol. The van der Waals surface area contributed by atoms with Crippen molar-refractivity contribution in [2.24, 2.45) is 0 Å². The van der Waals surface area contributed by atoms with Gasteiger partial charge in [-0.1, -0.05) is 46.3 Å². The summed E-state index contributed by atoms with van der Waals surface area (Å²) in [5.41, 5.74) is 1.69. The lowest BCUT2D eigenvalue weighted by atomic mass is 10.2. The van der Waals surface area contributed by atoms with Crippen LogP contribution in [0.25, 0.3) is 0 Å². The Bertz CT molecular complexity index is 925. The predicted octanol–water partition coefficient (Wildman–Crippen LogP) is 5.54. The summed E-state index contributed by atoms with van der Waals surface area (Å²) in [5, 5.41) is 0. The summed E-state index contributed by atoms with van der Waals surface area (Å²) in [6.07, 6.45) is 0. The summed E-state index contributed by atoms with van der Waals surface area (Å²) >= 11 is 5.05. The first-order valence-electron chi connectivity index (χ1n) is 7.58. The number of anilines is 1. The molecule has 25 heavy (non-hydrogen) atoms. The Morgan fingerprint density at radius 2 is 1.48 bits per heavy atom. The molecule has 3 aromatic carbocycles. The second-order valence-electron chi connectivity index (χ2n) is 5.36. The van der Waals surface area contributed by atoms with Crippen molar-refractivity contribution >= 4 is 43.4 Å². The van der Waals surface area contributed by atoms with Gasteiger partial charge < -0.3 is 0 Å². The maximum atomic E-state index is 12.4. The van der Waals surface area contributed by atoms with Crippen molar-refractivity contribution in [3.05, 3.63) is 88.9 Å². The highest BCUT2D eigenvalue weighted by molar-refractivity contribution is 9.10. The van der Waals surface area contributed by atoms with Gasteiger partial charge in [0, 0.05) is 20.8 Å². The Morgan fingerprint density at radius 3 is 2.12 bits per heavy atom. The van der Waals surface area contributed by atoms with Gasteiger partial charge in [-0.2, -0.15) is 0 Å². The van der Waals surface area contributed by atoms with Crippen LogP contribution in [0.2, 0.25) is 0 Å². The van der Waals surface area contributed by atoms with Gasteiger partial charge in [0.25, 0.3) is 10.0 Å². The van der Waals surface area contributed by atoms with E-state index in [9.17, 15) is 8.42 Å².